The number of sulfonamides is 1. The van der Waals surface area contributed by atoms with Crippen molar-refractivity contribution in [1.82, 2.24) is 19.0 Å². The predicted octanol–water partition coefficient (Wildman–Crippen LogP) is 6.35. The molecule has 0 N–H and O–H groups in total. The molecule has 3 aliphatic rings. The van der Waals surface area contributed by atoms with E-state index in [9.17, 15) is 13.2 Å². The van der Waals surface area contributed by atoms with E-state index in [1.165, 1.54) is 11.8 Å². The van der Waals surface area contributed by atoms with Crippen LogP contribution in [-0.4, -0.2) is 56.8 Å². The largest absolute Gasteiger partial charge is 0.290 e. The highest BCUT2D eigenvalue weighted by atomic mass is 32.2. The van der Waals surface area contributed by atoms with E-state index in [0.717, 1.165) is 43.4 Å². The topological polar surface area (TPSA) is 75.5 Å². The lowest BCUT2D eigenvalue weighted by Crippen LogP contribution is -2.42. The van der Waals surface area contributed by atoms with Crippen LogP contribution in [-0.2, 0) is 14.8 Å². The van der Waals surface area contributed by atoms with E-state index in [-0.39, 0.29) is 16.8 Å². The molecule has 41 heavy (non-hydrogen) atoms. The van der Waals surface area contributed by atoms with Crippen LogP contribution in [0.25, 0.3) is 23.0 Å². The van der Waals surface area contributed by atoms with Crippen LogP contribution < -0.4 is 0 Å². The third-order valence-corrected chi connectivity index (χ3v) is 11.3. The van der Waals surface area contributed by atoms with E-state index in [4.69, 9.17) is 17.3 Å². The van der Waals surface area contributed by atoms with Crippen LogP contribution in [0.3, 0.4) is 0 Å². The monoisotopic (exact) mass is 606 g/mol. The highest BCUT2D eigenvalue weighted by Gasteiger charge is 2.38. The van der Waals surface area contributed by atoms with Crippen LogP contribution in [0, 0.1) is 11.8 Å². The zero-order chi connectivity index (χ0) is 28.7. The maximum atomic E-state index is 13.7. The Morgan fingerprint density at radius 1 is 1.00 bits per heavy atom. The second-order valence-electron chi connectivity index (χ2n) is 11.5. The lowest BCUT2D eigenvalue weighted by atomic mass is 9.94. The maximum absolute atomic E-state index is 13.7. The lowest BCUT2D eigenvalue weighted by molar-refractivity contribution is -0.123. The van der Waals surface area contributed by atoms with Gasteiger partial charge in [0.2, 0.25) is 10.0 Å². The molecule has 214 valence electrons. The Balaban J connectivity index is 1.40. The Morgan fingerprint density at radius 3 is 2.41 bits per heavy atom. The fourth-order valence-corrected chi connectivity index (χ4v) is 9.40. The van der Waals surface area contributed by atoms with E-state index >= 15 is 0 Å². The number of piperidine rings is 1. The minimum absolute atomic E-state index is 0.0602. The van der Waals surface area contributed by atoms with Gasteiger partial charge in [-0.05, 0) is 61.4 Å². The number of thioether (sulfide) groups is 1. The van der Waals surface area contributed by atoms with Crippen LogP contribution in [0.2, 0.25) is 0 Å². The Hall–Kier alpha value is -2.79. The molecule has 0 bridgehead atoms. The van der Waals surface area contributed by atoms with Gasteiger partial charge in [0.05, 0.1) is 15.5 Å². The minimum atomic E-state index is -3.67. The van der Waals surface area contributed by atoms with Crippen molar-refractivity contribution in [3.63, 3.8) is 0 Å². The Morgan fingerprint density at radius 2 is 1.71 bits per heavy atom. The smallest absolute Gasteiger partial charge is 0.266 e. The highest BCUT2D eigenvalue weighted by Crippen LogP contribution is 2.39. The van der Waals surface area contributed by atoms with Crippen molar-refractivity contribution < 1.29 is 13.2 Å². The summed E-state index contributed by atoms with van der Waals surface area (Å²) in [4.78, 5) is 16.1. The Kier molecular flexibility index (Phi) is 7.93. The molecule has 2 aliphatic heterocycles. The summed E-state index contributed by atoms with van der Waals surface area (Å²) in [5.74, 6) is 0.565. The predicted molar refractivity (Wildman–Crippen MR) is 168 cm³/mol. The molecule has 2 unspecified atom stereocenters. The van der Waals surface area contributed by atoms with E-state index in [2.05, 4.69) is 13.8 Å². The number of rotatable bonds is 6. The van der Waals surface area contributed by atoms with Gasteiger partial charge in [0.25, 0.3) is 5.91 Å². The maximum Gasteiger partial charge on any atom is 0.266 e. The van der Waals surface area contributed by atoms with Crippen LogP contribution in [0.1, 0.15) is 51.5 Å². The molecule has 3 aromatic rings. The zero-order valence-electron chi connectivity index (χ0n) is 23.3. The first kappa shape index (κ1) is 28.3. The molecule has 10 heteroatoms. The number of aromatic nitrogens is 2. The van der Waals surface area contributed by atoms with Crippen LogP contribution >= 0.6 is 24.0 Å². The molecule has 1 aromatic heterocycles. The quantitative estimate of drug-likeness (QED) is 0.241. The Labute approximate surface area is 251 Å². The second kappa shape index (κ2) is 11.5. The normalized spacial score (nSPS) is 23.7. The number of thiocarbonyl (C=S) groups is 1. The first-order valence-electron chi connectivity index (χ1n) is 14.2. The van der Waals surface area contributed by atoms with Crippen LogP contribution in [0.4, 0.5) is 0 Å². The average Bonchev–Trinajstić information content (AvgIpc) is 3.69. The van der Waals surface area contributed by atoms with Crippen molar-refractivity contribution in [2.75, 3.05) is 13.1 Å². The summed E-state index contributed by atoms with van der Waals surface area (Å²) in [5.41, 5.74) is 2.89. The summed E-state index contributed by atoms with van der Waals surface area (Å²) in [6, 6.07) is 16.9. The second-order valence-corrected chi connectivity index (χ2v) is 15.1. The number of para-hydroxylation sites is 1. The summed E-state index contributed by atoms with van der Waals surface area (Å²) in [7, 11) is -3.67. The first-order chi connectivity index (χ1) is 19.7. The molecular formula is C31H34N4O3S3. The number of benzene rings is 2. The van der Waals surface area contributed by atoms with Gasteiger partial charge in [-0.3, -0.25) is 9.69 Å². The van der Waals surface area contributed by atoms with Crippen molar-refractivity contribution in [3.05, 3.63) is 71.3 Å². The molecule has 1 aliphatic carbocycles. The molecule has 3 heterocycles. The average molecular weight is 607 g/mol. The van der Waals surface area contributed by atoms with Gasteiger partial charge in [-0.1, -0.05) is 81.0 Å². The molecule has 3 fully saturated rings. The molecule has 0 spiro atoms. The van der Waals surface area contributed by atoms with Crippen molar-refractivity contribution in [2.24, 2.45) is 11.8 Å². The van der Waals surface area contributed by atoms with E-state index in [0.29, 0.717) is 45.4 Å². The third kappa shape index (κ3) is 5.67. The highest BCUT2D eigenvalue weighted by molar-refractivity contribution is 8.26. The van der Waals surface area contributed by atoms with Gasteiger partial charge in [0.15, 0.2) is 0 Å². The van der Waals surface area contributed by atoms with Crippen molar-refractivity contribution in [1.29, 1.82) is 0 Å². The molecule has 6 rings (SSSR count). The van der Waals surface area contributed by atoms with Gasteiger partial charge in [0, 0.05) is 36.5 Å². The number of nitrogens with zero attached hydrogens (tertiary/aromatic N) is 4. The Bertz CT molecular complexity index is 1600. The molecule has 1 amide bonds. The van der Waals surface area contributed by atoms with Gasteiger partial charge in [-0.25, -0.2) is 13.1 Å². The van der Waals surface area contributed by atoms with Crippen molar-refractivity contribution >= 4 is 50.3 Å². The van der Waals surface area contributed by atoms with Gasteiger partial charge < -0.3 is 0 Å². The zero-order valence-corrected chi connectivity index (χ0v) is 25.7. The molecule has 2 aromatic carbocycles. The van der Waals surface area contributed by atoms with Gasteiger partial charge in [-0.15, -0.1) is 0 Å². The standard InChI is InChI=1S/C31H34N4O3S3/c1-21-15-22(2)19-33(18-21)41(37,38)27-14-8-9-23(16-27)29-24(20-34(32-29)25-10-4-3-5-11-25)17-28-30(36)35(31(39)40-28)26-12-6-7-13-26/h3-5,8-11,14,16-17,20-22,26H,6-7,12-13,15,18-19H2,1-2H3. The summed E-state index contributed by atoms with van der Waals surface area (Å²) < 4.78 is 31.4. The number of carbonyl (C=O) groups is 1. The molecular weight excluding hydrogens is 573 g/mol. The first-order valence-corrected chi connectivity index (χ1v) is 16.9. The number of hydrogen-bond donors (Lipinski definition) is 0. The van der Waals surface area contributed by atoms with E-state index in [1.54, 1.807) is 32.1 Å². The number of carbonyl (C=O) groups excluding carboxylic acids is 1. The SMILES string of the molecule is CC1CC(C)CN(S(=O)(=O)c2cccc(-c3nn(-c4ccccc4)cc3C=C3SC(=S)N(C4CCCC4)C3=O)c2)C1. The van der Waals surface area contributed by atoms with Gasteiger partial charge in [-0.2, -0.15) is 9.40 Å². The van der Waals surface area contributed by atoms with Crippen molar-refractivity contribution in [2.45, 2.75) is 56.9 Å². The van der Waals surface area contributed by atoms with Crippen LogP contribution in [0.15, 0.2) is 70.6 Å². The number of amides is 1. The lowest BCUT2D eigenvalue weighted by Gasteiger charge is -2.34. The van der Waals surface area contributed by atoms with Gasteiger partial charge in [0.1, 0.15) is 10.0 Å². The van der Waals surface area contributed by atoms with E-state index < -0.39 is 10.0 Å². The molecule has 2 saturated heterocycles. The minimum Gasteiger partial charge on any atom is -0.290 e. The molecule has 1 saturated carbocycles. The molecule has 0 radical (unpaired) electrons. The number of hydrogen-bond acceptors (Lipinski definition) is 6. The summed E-state index contributed by atoms with van der Waals surface area (Å²) in [6.45, 7) is 5.25. The van der Waals surface area contributed by atoms with Crippen molar-refractivity contribution in [3.8, 4) is 16.9 Å². The molecule has 7 nitrogen and oxygen atoms in total. The van der Waals surface area contributed by atoms with Crippen LogP contribution in [0.5, 0.6) is 0 Å². The molecule has 2 atom stereocenters. The van der Waals surface area contributed by atoms with E-state index in [1.807, 2.05) is 48.7 Å². The third-order valence-electron chi connectivity index (χ3n) is 8.14. The van der Waals surface area contributed by atoms with Gasteiger partial charge >= 0.3 is 0 Å². The fourth-order valence-electron chi connectivity index (χ4n) is 6.28. The summed E-state index contributed by atoms with van der Waals surface area (Å²) >= 11 is 6.96. The summed E-state index contributed by atoms with van der Waals surface area (Å²) in [5, 5.41) is 4.89. The summed E-state index contributed by atoms with van der Waals surface area (Å²) in [6.07, 6.45) is 8.96. The fraction of sp³-hybridized carbons (Fsp3) is 0.387.